The summed E-state index contributed by atoms with van der Waals surface area (Å²) in [6.45, 7) is 2.93. The third kappa shape index (κ3) is 5.39. The minimum Gasteiger partial charge on any atom is -0.457 e. The second kappa shape index (κ2) is 8.65. The highest BCUT2D eigenvalue weighted by atomic mass is 19.3. The summed E-state index contributed by atoms with van der Waals surface area (Å²) in [5.74, 6) is -1.34. The lowest BCUT2D eigenvalue weighted by Crippen LogP contribution is -2.06. The summed E-state index contributed by atoms with van der Waals surface area (Å²) in [7, 11) is 0. The summed E-state index contributed by atoms with van der Waals surface area (Å²) >= 11 is 0. The molecule has 5 heteroatoms. The molecular weight excluding hydrogens is 360 g/mol. The van der Waals surface area contributed by atoms with Gasteiger partial charge in [-0.1, -0.05) is 47.6 Å². The maximum atomic E-state index is 13.2. The molecule has 0 aromatic heterocycles. The number of nitrogens with zero attached hydrogens (tertiary/aromatic N) is 1. The van der Waals surface area contributed by atoms with Crippen molar-refractivity contribution in [3.8, 4) is 11.5 Å². The molecule has 0 bridgehead atoms. The van der Waals surface area contributed by atoms with Gasteiger partial charge in [-0.3, -0.25) is 0 Å². The molecule has 0 unspecified atom stereocenters. The summed E-state index contributed by atoms with van der Waals surface area (Å²) in [5, 5.41) is 4.10. The Morgan fingerprint density at radius 2 is 1.46 bits per heavy atom. The van der Waals surface area contributed by atoms with Gasteiger partial charge in [0.25, 0.3) is 5.92 Å². The third-order valence-electron chi connectivity index (χ3n) is 4.14. The van der Waals surface area contributed by atoms with Gasteiger partial charge in [-0.25, -0.2) is 8.78 Å². The summed E-state index contributed by atoms with van der Waals surface area (Å²) in [6.07, 6.45) is 0. The molecule has 0 spiro atoms. The molecule has 144 valence electrons. The van der Waals surface area contributed by atoms with Gasteiger partial charge in [0.05, 0.1) is 5.71 Å². The van der Waals surface area contributed by atoms with Crippen molar-refractivity contribution in [2.24, 2.45) is 5.16 Å². The van der Waals surface area contributed by atoms with Crippen molar-refractivity contribution in [2.75, 3.05) is 0 Å². The number of hydrogen-bond donors (Lipinski definition) is 0. The maximum Gasteiger partial charge on any atom is 0.270 e. The molecule has 0 heterocycles. The van der Waals surface area contributed by atoms with Gasteiger partial charge in [0, 0.05) is 12.5 Å². The van der Waals surface area contributed by atoms with Crippen LogP contribution in [-0.4, -0.2) is 5.71 Å². The van der Waals surface area contributed by atoms with E-state index < -0.39 is 5.92 Å². The third-order valence-corrected chi connectivity index (χ3v) is 4.14. The smallest absolute Gasteiger partial charge is 0.270 e. The minimum absolute atomic E-state index is 0.0197. The average Bonchev–Trinajstić information content (AvgIpc) is 2.69. The van der Waals surface area contributed by atoms with E-state index >= 15 is 0 Å². The fourth-order valence-corrected chi connectivity index (χ4v) is 2.54. The summed E-state index contributed by atoms with van der Waals surface area (Å²) in [4.78, 5) is 5.36. The van der Waals surface area contributed by atoms with Crippen molar-refractivity contribution in [3.63, 3.8) is 0 Å². The van der Waals surface area contributed by atoms with Gasteiger partial charge in [0.15, 0.2) is 0 Å². The predicted molar refractivity (Wildman–Crippen MR) is 106 cm³/mol. The Hall–Kier alpha value is -3.21. The molecule has 0 atom stereocenters. The fourth-order valence-electron chi connectivity index (χ4n) is 2.54. The summed E-state index contributed by atoms with van der Waals surface area (Å²) in [6, 6.07) is 23.1. The molecule has 0 amide bonds. The molecule has 28 heavy (non-hydrogen) atoms. The molecule has 3 aromatic rings. The van der Waals surface area contributed by atoms with Crippen LogP contribution in [0.5, 0.6) is 11.5 Å². The lowest BCUT2D eigenvalue weighted by molar-refractivity contribution is 0.0174. The molecule has 0 aliphatic rings. The Labute approximate surface area is 163 Å². The monoisotopic (exact) mass is 381 g/mol. The molecule has 3 rings (SSSR count). The summed E-state index contributed by atoms with van der Waals surface area (Å²) < 4.78 is 32.2. The van der Waals surface area contributed by atoms with Gasteiger partial charge in [-0.2, -0.15) is 0 Å². The van der Waals surface area contributed by atoms with Crippen LogP contribution in [0.25, 0.3) is 0 Å². The van der Waals surface area contributed by atoms with Gasteiger partial charge < -0.3 is 9.57 Å². The van der Waals surface area contributed by atoms with Gasteiger partial charge in [-0.05, 0) is 54.4 Å². The SMILES string of the molecule is CC(=NOCc1ccc(C(C)(F)F)cc1)c1ccc(Oc2ccccc2)cc1. The van der Waals surface area contributed by atoms with Crippen LogP contribution < -0.4 is 4.74 Å². The molecule has 0 radical (unpaired) electrons. The standard InChI is InChI=1S/C23H21F2NO2/c1-17(26-27-16-18-8-12-20(13-9-18)23(2,24)25)19-10-14-22(15-11-19)28-21-6-4-3-5-7-21/h3-15H,16H2,1-2H3. The number of alkyl halides is 2. The lowest BCUT2D eigenvalue weighted by Gasteiger charge is -2.10. The van der Waals surface area contributed by atoms with Crippen molar-refractivity contribution in [3.05, 3.63) is 95.6 Å². The first-order valence-corrected chi connectivity index (χ1v) is 8.89. The first kappa shape index (κ1) is 19.5. The number of oxime groups is 1. The zero-order chi connectivity index (χ0) is 20.0. The van der Waals surface area contributed by atoms with E-state index in [1.165, 1.54) is 12.1 Å². The van der Waals surface area contributed by atoms with E-state index in [-0.39, 0.29) is 12.2 Å². The quantitative estimate of drug-likeness (QED) is 0.344. The predicted octanol–water partition coefficient (Wildman–Crippen LogP) is 6.53. The maximum absolute atomic E-state index is 13.2. The number of para-hydroxylation sites is 1. The van der Waals surface area contributed by atoms with Crippen LogP contribution in [0.2, 0.25) is 0 Å². The molecule has 0 aliphatic heterocycles. The van der Waals surface area contributed by atoms with Crippen LogP contribution in [0.1, 0.15) is 30.5 Å². The Kier molecular flexibility index (Phi) is 6.04. The first-order chi connectivity index (χ1) is 13.4. The zero-order valence-corrected chi connectivity index (χ0v) is 15.7. The lowest BCUT2D eigenvalue weighted by atomic mass is 10.1. The first-order valence-electron chi connectivity index (χ1n) is 8.89. The molecule has 0 aliphatic carbocycles. The van der Waals surface area contributed by atoms with Crippen molar-refractivity contribution < 1.29 is 18.4 Å². The Morgan fingerprint density at radius 3 is 2.07 bits per heavy atom. The van der Waals surface area contributed by atoms with Crippen molar-refractivity contribution in [1.82, 2.24) is 0 Å². The molecule has 0 fully saturated rings. The molecular formula is C23H21F2NO2. The van der Waals surface area contributed by atoms with Gasteiger partial charge in [0.2, 0.25) is 0 Å². The second-order valence-electron chi connectivity index (χ2n) is 6.47. The van der Waals surface area contributed by atoms with Crippen LogP contribution in [-0.2, 0) is 17.4 Å². The Bertz CT molecular complexity index is 916. The van der Waals surface area contributed by atoms with Gasteiger partial charge >= 0.3 is 0 Å². The van der Waals surface area contributed by atoms with Crippen LogP contribution in [0, 0.1) is 0 Å². The van der Waals surface area contributed by atoms with E-state index in [2.05, 4.69) is 5.16 Å². The highest BCUT2D eigenvalue weighted by Crippen LogP contribution is 2.27. The van der Waals surface area contributed by atoms with Crippen molar-refractivity contribution in [2.45, 2.75) is 26.4 Å². The number of rotatable bonds is 7. The second-order valence-corrected chi connectivity index (χ2v) is 6.47. The normalized spacial score (nSPS) is 11.9. The highest BCUT2D eigenvalue weighted by Gasteiger charge is 2.23. The zero-order valence-electron chi connectivity index (χ0n) is 15.7. The number of benzene rings is 3. The van der Waals surface area contributed by atoms with Gasteiger partial charge in [0.1, 0.15) is 18.1 Å². The number of halogens is 2. The van der Waals surface area contributed by atoms with E-state index in [0.717, 1.165) is 29.5 Å². The molecule has 3 aromatic carbocycles. The Balaban J connectivity index is 1.56. The summed E-state index contributed by atoms with van der Waals surface area (Å²) in [5.41, 5.74) is 2.37. The molecule has 0 saturated heterocycles. The van der Waals surface area contributed by atoms with E-state index in [1.807, 2.05) is 61.5 Å². The van der Waals surface area contributed by atoms with E-state index in [0.29, 0.717) is 5.71 Å². The minimum atomic E-state index is -2.84. The Morgan fingerprint density at radius 1 is 0.857 bits per heavy atom. The number of ether oxygens (including phenoxy) is 1. The molecule has 0 saturated carbocycles. The average molecular weight is 381 g/mol. The van der Waals surface area contributed by atoms with E-state index in [4.69, 9.17) is 9.57 Å². The highest BCUT2D eigenvalue weighted by molar-refractivity contribution is 5.98. The van der Waals surface area contributed by atoms with E-state index in [1.54, 1.807) is 12.1 Å². The number of hydrogen-bond acceptors (Lipinski definition) is 3. The van der Waals surface area contributed by atoms with Crippen LogP contribution >= 0.6 is 0 Å². The topological polar surface area (TPSA) is 30.8 Å². The van der Waals surface area contributed by atoms with Crippen LogP contribution in [0.3, 0.4) is 0 Å². The molecule has 0 N–H and O–H groups in total. The van der Waals surface area contributed by atoms with Crippen molar-refractivity contribution in [1.29, 1.82) is 0 Å². The fraction of sp³-hybridized carbons (Fsp3) is 0.174. The van der Waals surface area contributed by atoms with Crippen LogP contribution in [0.15, 0.2) is 84.0 Å². The van der Waals surface area contributed by atoms with Crippen molar-refractivity contribution >= 4 is 5.71 Å². The van der Waals surface area contributed by atoms with Gasteiger partial charge in [-0.15, -0.1) is 0 Å². The van der Waals surface area contributed by atoms with E-state index in [9.17, 15) is 8.78 Å². The largest absolute Gasteiger partial charge is 0.457 e. The van der Waals surface area contributed by atoms with Crippen LogP contribution in [0.4, 0.5) is 8.78 Å². The molecule has 3 nitrogen and oxygen atoms in total.